The Morgan fingerprint density at radius 3 is 2.52 bits per heavy atom. The molecule has 1 amide bonds. The van der Waals surface area contributed by atoms with E-state index in [9.17, 15) is 13.2 Å². The van der Waals surface area contributed by atoms with Gasteiger partial charge >= 0.3 is 0 Å². The van der Waals surface area contributed by atoms with E-state index >= 15 is 0 Å². The first-order chi connectivity index (χ1) is 9.67. The predicted molar refractivity (Wildman–Crippen MR) is 87.2 cm³/mol. The van der Waals surface area contributed by atoms with Crippen LogP contribution < -0.4 is 11.1 Å². The summed E-state index contributed by atoms with van der Waals surface area (Å²) in [7, 11) is -3.49. The third-order valence-corrected chi connectivity index (χ3v) is 5.95. The number of rotatable bonds is 6. The lowest BCUT2D eigenvalue weighted by molar-refractivity contribution is -0.115. The van der Waals surface area contributed by atoms with E-state index in [-0.39, 0.29) is 11.7 Å². The number of halogens is 1. The Labute approximate surface area is 130 Å². The highest BCUT2D eigenvalue weighted by Crippen LogP contribution is 2.23. The molecule has 7 heteroatoms. The molecule has 0 aromatic heterocycles. The van der Waals surface area contributed by atoms with Crippen LogP contribution in [0.4, 0.5) is 11.4 Å². The number of amides is 1. The summed E-state index contributed by atoms with van der Waals surface area (Å²) in [6, 6.07) is 4.62. The van der Waals surface area contributed by atoms with E-state index in [2.05, 4.69) is 5.32 Å². The Hall–Kier alpha value is -1.27. The molecule has 1 rings (SSSR count). The number of nitrogen functional groups attached to an aromatic ring is 1. The lowest BCUT2D eigenvalue weighted by Gasteiger charge is -2.16. The van der Waals surface area contributed by atoms with Gasteiger partial charge in [0.2, 0.25) is 5.91 Å². The maximum Gasteiger partial charge on any atom is 0.242 e. The van der Waals surface area contributed by atoms with Gasteiger partial charge in [-0.15, -0.1) is 0 Å². The fourth-order valence-corrected chi connectivity index (χ4v) is 3.59. The van der Waals surface area contributed by atoms with Crippen molar-refractivity contribution >= 4 is 38.7 Å². The second-order valence-electron chi connectivity index (χ2n) is 5.21. The molecular weight excluding hydrogens is 312 g/mol. The van der Waals surface area contributed by atoms with E-state index in [4.69, 9.17) is 17.3 Å². The van der Waals surface area contributed by atoms with Gasteiger partial charge in [-0.3, -0.25) is 4.79 Å². The second-order valence-corrected chi connectivity index (χ2v) is 8.01. The first-order valence-corrected chi connectivity index (χ1v) is 8.84. The highest BCUT2D eigenvalue weighted by molar-refractivity contribution is 7.92. The number of hydrogen-bond donors (Lipinski definition) is 2. The highest BCUT2D eigenvalue weighted by atomic mass is 35.5. The van der Waals surface area contributed by atoms with Crippen molar-refractivity contribution in [3.8, 4) is 0 Å². The van der Waals surface area contributed by atoms with Crippen LogP contribution in [-0.2, 0) is 14.6 Å². The number of benzene rings is 1. The molecule has 0 bridgehead atoms. The zero-order valence-electron chi connectivity index (χ0n) is 12.4. The third-order valence-electron chi connectivity index (χ3n) is 3.39. The molecule has 2 unspecified atom stereocenters. The smallest absolute Gasteiger partial charge is 0.242 e. The van der Waals surface area contributed by atoms with Crippen molar-refractivity contribution in [2.75, 3.05) is 16.8 Å². The Morgan fingerprint density at radius 1 is 1.38 bits per heavy atom. The zero-order chi connectivity index (χ0) is 16.2. The number of carbonyl (C=O) groups is 1. The average molecular weight is 333 g/mol. The van der Waals surface area contributed by atoms with E-state index in [0.29, 0.717) is 16.4 Å². The quantitative estimate of drug-likeness (QED) is 0.784. The molecule has 0 saturated carbocycles. The Bertz CT molecular complexity index is 617. The molecule has 118 valence electrons. The van der Waals surface area contributed by atoms with Gasteiger partial charge in [-0.1, -0.05) is 31.9 Å². The molecular formula is C14H21ClN2O3S. The summed E-state index contributed by atoms with van der Waals surface area (Å²) in [6.45, 7) is 5.15. The number of anilines is 2. The van der Waals surface area contributed by atoms with Crippen molar-refractivity contribution in [1.82, 2.24) is 0 Å². The molecule has 3 N–H and O–H groups in total. The van der Waals surface area contributed by atoms with Crippen LogP contribution in [0.3, 0.4) is 0 Å². The fraction of sp³-hybridized carbons (Fsp3) is 0.500. The van der Waals surface area contributed by atoms with Crippen molar-refractivity contribution in [3.63, 3.8) is 0 Å². The van der Waals surface area contributed by atoms with Gasteiger partial charge in [-0.2, -0.15) is 0 Å². The largest absolute Gasteiger partial charge is 0.397 e. The molecule has 1 aromatic carbocycles. The second kappa shape index (κ2) is 7.13. The minimum Gasteiger partial charge on any atom is -0.397 e. The molecule has 2 atom stereocenters. The molecule has 0 aliphatic rings. The number of sulfone groups is 1. The van der Waals surface area contributed by atoms with Gasteiger partial charge in [0.25, 0.3) is 0 Å². The number of nitrogens with two attached hydrogens (primary N) is 1. The van der Waals surface area contributed by atoms with Gasteiger partial charge in [-0.05, 0) is 31.0 Å². The van der Waals surface area contributed by atoms with Gasteiger partial charge in [0.15, 0.2) is 9.84 Å². The first kappa shape index (κ1) is 17.8. The molecule has 0 saturated heterocycles. The summed E-state index contributed by atoms with van der Waals surface area (Å²) in [4.78, 5) is 12.1. The molecule has 5 nitrogen and oxygen atoms in total. The molecule has 0 spiro atoms. The highest BCUT2D eigenvalue weighted by Gasteiger charge is 2.29. The van der Waals surface area contributed by atoms with Gasteiger partial charge < -0.3 is 11.1 Å². The normalized spacial score (nSPS) is 14.5. The van der Waals surface area contributed by atoms with Crippen molar-refractivity contribution < 1.29 is 13.2 Å². The summed E-state index contributed by atoms with van der Waals surface area (Å²) in [5.41, 5.74) is 6.38. The Morgan fingerprint density at radius 2 is 2.00 bits per heavy atom. The monoisotopic (exact) mass is 332 g/mol. The molecule has 1 aromatic rings. The van der Waals surface area contributed by atoms with Crippen LogP contribution in [0.2, 0.25) is 5.02 Å². The summed E-state index contributed by atoms with van der Waals surface area (Å²) in [5, 5.41) is 1.86. The molecule has 0 radical (unpaired) electrons. The number of hydrogen-bond acceptors (Lipinski definition) is 4. The van der Waals surface area contributed by atoms with Crippen LogP contribution in [0.15, 0.2) is 18.2 Å². The van der Waals surface area contributed by atoms with E-state index < -0.39 is 21.0 Å². The van der Waals surface area contributed by atoms with Crippen LogP contribution in [0, 0.1) is 5.92 Å². The van der Waals surface area contributed by atoms with E-state index in [1.54, 1.807) is 12.1 Å². The van der Waals surface area contributed by atoms with Crippen LogP contribution in [0.25, 0.3) is 0 Å². The van der Waals surface area contributed by atoms with E-state index in [1.807, 2.05) is 13.8 Å². The van der Waals surface area contributed by atoms with E-state index in [1.165, 1.54) is 13.0 Å². The summed E-state index contributed by atoms with van der Waals surface area (Å²) >= 11 is 5.77. The minimum atomic E-state index is -3.49. The lowest BCUT2D eigenvalue weighted by atomic mass is 10.2. The van der Waals surface area contributed by atoms with Gasteiger partial charge in [0.1, 0.15) is 5.25 Å². The molecule has 0 fully saturated rings. The number of nitrogens with one attached hydrogen (secondary N) is 1. The van der Waals surface area contributed by atoms with Gasteiger partial charge in [-0.25, -0.2) is 8.42 Å². The molecule has 0 heterocycles. The van der Waals surface area contributed by atoms with Crippen LogP contribution in [-0.4, -0.2) is 25.3 Å². The summed E-state index contributed by atoms with van der Waals surface area (Å²) < 4.78 is 24.3. The van der Waals surface area contributed by atoms with E-state index in [0.717, 1.165) is 6.42 Å². The van der Waals surface area contributed by atoms with Crippen molar-refractivity contribution in [3.05, 3.63) is 23.2 Å². The van der Waals surface area contributed by atoms with Crippen molar-refractivity contribution in [2.24, 2.45) is 5.92 Å². The maximum atomic E-state index is 12.2. The Balaban J connectivity index is 2.83. The zero-order valence-corrected chi connectivity index (χ0v) is 14.0. The average Bonchev–Trinajstić information content (AvgIpc) is 2.40. The third kappa shape index (κ3) is 4.89. The molecule has 0 aliphatic heterocycles. The summed E-state index contributed by atoms with van der Waals surface area (Å²) in [5.74, 6) is -0.577. The van der Waals surface area contributed by atoms with Crippen molar-refractivity contribution in [2.45, 2.75) is 32.4 Å². The van der Waals surface area contributed by atoms with Crippen LogP contribution in [0.5, 0.6) is 0 Å². The lowest BCUT2D eigenvalue weighted by Crippen LogP contribution is -2.35. The van der Waals surface area contributed by atoms with Crippen LogP contribution >= 0.6 is 11.6 Å². The number of carbonyl (C=O) groups excluding carboxylic acids is 1. The topological polar surface area (TPSA) is 89.3 Å². The fourth-order valence-electron chi connectivity index (χ4n) is 1.70. The predicted octanol–water partition coefficient (Wildman–Crippen LogP) is 2.71. The molecule has 0 aliphatic carbocycles. The first-order valence-electron chi connectivity index (χ1n) is 6.74. The van der Waals surface area contributed by atoms with Crippen LogP contribution in [0.1, 0.15) is 27.2 Å². The SMILES string of the molecule is CCC(C)CS(=O)(=O)C(C)C(=O)Nc1ccc(Cl)cc1N. The maximum absolute atomic E-state index is 12.2. The molecule has 21 heavy (non-hydrogen) atoms. The summed E-state index contributed by atoms with van der Waals surface area (Å²) in [6.07, 6.45) is 0.748. The van der Waals surface area contributed by atoms with Crippen molar-refractivity contribution in [1.29, 1.82) is 0 Å². The standard InChI is InChI=1S/C14H21ClN2O3S/c1-4-9(2)8-21(19,20)10(3)14(18)17-13-6-5-11(15)7-12(13)16/h5-7,9-10H,4,8,16H2,1-3H3,(H,17,18). The Kier molecular flexibility index (Phi) is 6.04. The minimum absolute atomic E-state index is 0.00577. The van der Waals surface area contributed by atoms with Gasteiger partial charge in [0.05, 0.1) is 17.1 Å². The van der Waals surface area contributed by atoms with Gasteiger partial charge in [0, 0.05) is 5.02 Å².